The van der Waals surface area contributed by atoms with Crippen molar-refractivity contribution >= 4 is 40.5 Å². The highest BCUT2D eigenvalue weighted by atomic mass is 33.2. The Balaban J connectivity index is 2.93. The number of allylic oxidation sites excluding steroid dienone is 1. The fourth-order valence-corrected chi connectivity index (χ4v) is 2.83. The van der Waals surface area contributed by atoms with Crippen molar-refractivity contribution in [1.82, 2.24) is 0 Å². The maximum Gasteiger partial charge on any atom is 0.313 e. The summed E-state index contributed by atoms with van der Waals surface area (Å²) >= 11 is 10.7. The highest BCUT2D eigenvalue weighted by Gasteiger charge is 2.01. The summed E-state index contributed by atoms with van der Waals surface area (Å²) in [6, 6.07) is 0. The maximum atomic E-state index is 4.85. The van der Waals surface area contributed by atoms with Gasteiger partial charge in [0.25, 0.3) is 0 Å². The molecule has 0 aliphatic carbocycles. The van der Waals surface area contributed by atoms with E-state index in [-0.39, 0.29) is 0 Å². The van der Waals surface area contributed by atoms with E-state index in [1.54, 1.807) is 11.4 Å². The third kappa shape index (κ3) is 6.96. The molecule has 0 saturated heterocycles. The van der Waals surface area contributed by atoms with Crippen LogP contribution in [0.5, 0.6) is 0 Å². The molecule has 0 N–H and O–H groups in total. The zero-order valence-corrected chi connectivity index (χ0v) is 7.83. The molecule has 0 aromatic carbocycles. The fourth-order valence-electron chi connectivity index (χ4n) is 0.214. The summed E-state index contributed by atoms with van der Waals surface area (Å²) in [6.07, 6.45) is 2.94. The lowest BCUT2D eigenvalue weighted by molar-refractivity contribution is 1.26. The van der Waals surface area contributed by atoms with Crippen molar-refractivity contribution in [2.24, 2.45) is 0 Å². The standard InChI is InChI=1S/C4H7PS3/c1-2-3-4-8-5(6)7/h2H,1,3-4H2/p+1. The van der Waals surface area contributed by atoms with Crippen molar-refractivity contribution in [3.8, 4) is 0 Å². The third-order valence-electron chi connectivity index (χ3n) is 0.524. The molecule has 0 fully saturated rings. The molecule has 0 nitrogen and oxygen atoms in total. The van der Waals surface area contributed by atoms with Gasteiger partial charge in [-0.25, -0.2) is 0 Å². The van der Waals surface area contributed by atoms with Gasteiger partial charge in [0, 0.05) is 5.75 Å². The molecule has 1 atom stereocenters. The SMILES string of the molecule is C=CCCS[P+](=S)S. The zero-order chi connectivity index (χ0) is 6.41. The van der Waals surface area contributed by atoms with Crippen LogP contribution in [0.25, 0.3) is 0 Å². The number of hydrogen-bond donors (Lipinski definition) is 1. The lowest BCUT2D eigenvalue weighted by Crippen LogP contribution is -1.65. The van der Waals surface area contributed by atoms with E-state index >= 15 is 0 Å². The minimum atomic E-state index is -0.465. The molecular formula is C4H8PS3+. The van der Waals surface area contributed by atoms with Crippen molar-refractivity contribution in [1.29, 1.82) is 0 Å². The lowest BCUT2D eigenvalue weighted by Gasteiger charge is -1.79. The molecule has 0 bridgehead atoms. The summed E-state index contributed by atoms with van der Waals surface area (Å²) in [4.78, 5) is 0. The molecule has 0 rings (SSSR count). The second-order valence-corrected chi connectivity index (χ2v) is 8.77. The first kappa shape index (κ1) is 8.96. The van der Waals surface area contributed by atoms with Crippen LogP contribution in [0.15, 0.2) is 12.7 Å². The van der Waals surface area contributed by atoms with Crippen molar-refractivity contribution in [3.05, 3.63) is 12.7 Å². The molecule has 0 aliphatic rings. The smallest absolute Gasteiger partial charge is 0.103 e. The molecule has 0 aromatic heterocycles. The first-order valence-electron chi connectivity index (χ1n) is 2.17. The Morgan fingerprint density at radius 1 is 1.88 bits per heavy atom. The highest BCUT2D eigenvalue weighted by Crippen LogP contribution is 2.42. The van der Waals surface area contributed by atoms with Gasteiger partial charge in [0.1, 0.15) is 11.4 Å². The van der Waals surface area contributed by atoms with Crippen LogP contribution in [0.3, 0.4) is 0 Å². The Morgan fingerprint density at radius 3 is 2.88 bits per heavy atom. The molecule has 8 heavy (non-hydrogen) atoms. The molecule has 0 saturated carbocycles. The van der Waals surface area contributed by atoms with Gasteiger partial charge in [-0.2, -0.15) is 0 Å². The second-order valence-electron chi connectivity index (χ2n) is 1.15. The van der Waals surface area contributed by atoms with Crippen LogP contribution in [0.2, 0.25) is 0 Å². The van der Waals surface area contributed by atoms with Gasteiger partial charge in [0.05, 0.1) is 12.2 Å². The number of hydrogen-bond acceptors (Lipinski definition) is 2. The van der Waals surface area contributed by atoms with Crippen LogP contribution in [-0.2, 0) is 11.8 Å². The Morgan fingerprint density at radius 2 is 2.50 bits per heavy atom. The van der Waals surface area contributed by atoms with Crippen LogP contribution in [-0.4, -0.2) is 5.75 Å². The van der Waals surface area contributed by atoms with Crippen molar-refractivity contribution in [2.75, 3.05) is 5.75 Å². The number of thiol groups is 1. The van der Waals surface area contributed by atoms with E-state index in [1.807, 2.05) is 6.08 Å². The Labute approximate surface area is 65.5 Å². The van der Waals surface area contributed by atoms with Crippen LogP contribution in [0.1, 0.15) is 6.42 Å². The highest BCUT2D eigenvalue weighted by molar-refractivity contribution is 8.90. The van der Waals surface area contributed by atoms with E-state index < -0.39 is 5.10 Å². The minimum absolute atomic E-state index is 0.465. The molecule has 0 heterocycles. The van der Waals surface area contributed by atoms with Gasteiger partial charge in [-0.3, -0.25) is 0 Å². The Bertz CT molecular complexity index is 91.3. The summed E-state index contributed by atoms with van der Waals surface area (Å²) in [5, 5.41) is -0.465. The minimum Gasteiger partial charge on any atom is -0.103 e. The summed E-state index contributed by atoms with van der Waals surface area (Å²) in [5.74, 6) is 1.07. The molecule has 1 unspecified atom stereocenters. The van der Waals surface area contributed by atoms with Gasteiger partial charge in [0.15, 0.2) is 11.8 Å². The van der Waals surface area contributed by atoms with Crippen molar-refractivity contribution < 1.29 is 0 Å². The van der Waals surface area contributed by atoms with E-state index in [9.17, 15) is 0 Å². The third-order valence-corrected chi connectivity index (χ3v) is 4.36. The van der Waals surface area contributed by atoms with Gasteiger partial charge in [-0.15, -0.1) is 6.58 Å². The molecule has 4 heteroatoms. The van der Waals surface area contributed by atoms with Crippen LogP contribution in [0.4, 0.5) is 0 Å². The molecule has 0 radical (unpaired) electrons. The average molecular weight is 183 g/mol. The lowest BCUT2D eigenvalue weighted by atomic mass is 10.5. The molecule has 0 spiro atoms. The van der Waals surface area contributed by atoms with Gasteiger partial charge in [-0.1, -0.05) is 6.08 Å². The molecular weight excluding hydrogens is 175 g/mol. The van der Waals surface area contributed by atoms with E-state index in [4.69, 9.17) is 11.8 Å². The predicted molar refractivity (Wildman–Crippen MR) is 50.5 cm³/mol. The van der Waals surface area contributed by atoms with Gasteiger partial charge < -0.3 is 0 Å². The van der Waals surface area contributed by atoms with Gasteiger partial charge in [0.2, 0.25) is 0 Å². The van der Waals surface area contributed by atoms with Gasteiger partial charge in [-0.05, 0) is 6.42 Å². The average Bonchev–Trinajstić information content (AvgIpc) is 1.66. The van der Waals surface area contributed by atoms with Crippen LogP contribution < -0.4 is 0 Å². The second kappa shape index (κ2) is 6.09. The van der Waals surface area contributed by atoms with Crippen LogP contribution >= 0.6 is 28.7 Å². The summed E-state index contributed by atoms with van der Waals surface area (Å²) < 4.78 is 0. The maximum absolute atomic E-state index is 4.85. The quantitative estimate of drug-likeness (QED) is 0.308. The molecule has 0 aromatic rings. The van der Waals surface area contributed by atoms with E-state index in [0.717, 1.165) is 12.2 Å². The predicted octanol–water partition coefficient (Wildman–Crippen LogP) is 3.00. The first-order chi connectivity index (χ1) is 3.77. The number of rotatable bonds is 4. The van der Waals surface area contributed by atoms with Crippen molar-refractivity contribution in [3.63, 3.8) is 0 Å². The van der Waals surface area contributed by atoms with E-state index in [0.29, 0.717) is 0 Å². The first-order valence-corrected chi connectivity index (χ1v) is 7.27. The van der Waals surface area contributed by atoms with Crippen LogP contribution in [0, 0.1) is 0 Å². The molecule has 0 aliphatic heterocycles. The Kier molecular flexibility index (Phi) is 6.82. The van der Waals surface area contributed by atoms with Gasteiger partial charge >= 0.3 is 5.10 Å². The fraction of sp³-hybridized carbons (Fsp3) is 0.500. The topological polar surface area (TPSA) is 0 Å². The van der Waals surface area contributed by atoms with Crippen molar-refractivity contribution in [2.45, 2.75) is 6.42 Å². The van der Waals surface area contributed by atoms with E-state index in [2.05, 4.69) is 18.8 Å². The summed E-state index contributed by atoms with van der Waals surface area (Å²) in [5.41, 5.74) is 0. The largest absolute Gasteiger partial charge is 0.313 e. The normalized spacial score (nSPS) is 10.9. The monoisotopic (exact) mass is 183 g/mol. The summed E-state index contributed by atoms with van der Waals surface area (Å²) in [7, 11) is 0. The zero-order valence-electron chi connectivity index (χ0n) is 4.41. The Hall–Kier alpha value is 0.960. The summed E-state index contributed by atoms with van der Waals surface area (Å²) in [6.45, 7) is 3.59. The molecule has 0 amide bonds. The van der Waals surface area contributed by atoms with E-state index in [1.165, 1.54) is 0 Å². The molecule has 46 valence electrons.